The molecule has 2 rings (SSSR count). The Labute approximate surface area is 76.8 Å². The van der Waals surface area contributed by atoms with Crippen molar-refractivity contribution in [1.29, 1.82) is 0 Å². The van der Waals surface area contributed by atoms with Crippen LogP contribution in [0, 0.1) is 6.92 Å². The average molecular weight is 182 g/mol. The molecule has 1 fully saturated rings. The maximum absolute atomic E-state index is 5.96. The first kappa shape index (κ1) is 8.08. The van der Waals surface area contributed by atoms with E-state index in [1.165, 1.54) is 23.4 Å². The van der Waals surface area contributed by atoms with Gasteiger partial charge < -0.3 is 11.1 Å². The minimum absolute atomic E-state index is 0.108. The number of hydrogen-bond donors (Lipinski definition) is 2. The van der Waals surface area contributed by atoms with Gasteiger partial charge in [0.2, 0.25) is 0 Å². The first-order chi connectivity index (χ1) is 5.70. The van der Waals surface area contributed by atoms with E-state index < -0.39 is 0 Å². The molecule has 0 unspecified atom stereocenters. The van der Waals surface area contributed by atoms with E-state index in [1.807, 2.05) is 0 Å². The van der Waals surface area contributed by atoms with E-state index in [4.69, 9.17) is 5.73 Å². The highest BCUT2D eigenvalue weighted by atomic mass is 32.1. The number of nitrogens with two attached hydrogens (primary N) is 1. The molecule has 0 atom stereocenters. The highest BCUT2D eigenvalue weighted by Crippen LogP contribution is 2.33. The molecule has 1 saturated carbocycles. The van der Waals surface area contributed by atoms with Crippen LogP contribution < -0.4 is 11.1 Å². The standard InChI is InChI=1S/C9H14N2S/c1-7-2-5-12-8(7)11-6-9(10)3-4-9/h2,5,11H,3-4,6,10H2,1H3. The van der Waals surface area contributed by atoms with Gasteiger partial charge in [0.25, 0.3) is 0 Å². The number of aryl methyl sites for hydroxylation is 1. The predicted octanol–water partition coefficient (Wildman–Crippen LogP) is 1.96. The lowest BCUT2D eigenvalue weighted by molar-refractivity contribution is 0.714. The van der Waals surface area contributed by atoms with Crippen LogP contribution in [0.5, 0.6) is 0 Å². The van der Waals surface area contributed by atoms with Gasteiger partial charge in [-0.2, -0.15) is 0 Å². The van der Waals surface area contributed by atoms with Crippen LogP contribution in [-0.2, 0) is 0 Å². The summed E-state index contributed by atoms with van der Waals surface area (Å²) >= 11 is 1.75. The highest BCUT2D eigenvalue weighted by molar-refractivity contribution is 7.14. The summed E-state index contributed by atoms with van der Waals surface area (Å²) in [5, 5.41) is 6.76. The average Bonchev–Trinajstić information content (AvgIpc) is 2.61. The summed E-state index contributed by atoms with van der Waals surface area (Å²) in [7, 11) is 0. The highest BCUT2D eigenvalue weighted by Gasteiger charge is 2.37. The van der Waals surface area contributed by atoms with Gasteiger partial charge in [0, 0.05) is 12.1 Å². The van der Waals surface area contributed by atoms with Crippen LogP contribution in [0.2, 0.25) is 0 Å². The van der Waals surface area contributed by atoms with Gasteiger partial charge in [-0.05, 0) is 36.8 Å². The molecule has 1 aromatic rings. The van der Waals surface area contributed by atoms with Gasteiger partial charge in [-0.1, -0.05) is 0 Å². The monoisotopic (exact) mass is 182 g/mol. The van der Waals surface area contributed by atoms with Crippen LogP contribution in [0.25, 0.3) is 0 Å². The van der Waals surface area contributed by atoms with Gasteiger partial charge >= 0.3 is 0 Å². The molecule has 0 spiro atoms. The molecular weight excluding hydrogens is 168 g/mol. The number of hydrogen-bond acceptors (Lipinski definition) is 3. The molecule has 1 aromatic heterocycles. The molecule has 0 amide bonds. The summed E-state index contributed by atoms with van der Waals surface area (Å²) in [6.45, 7) is 3.04. The summed E-state index contributed by atoms with van der Waals surface area (Å²) in [5.41, 5.74) is 7.39. The van der Waals surface area contributed by atoms with E-state index in [-0.39, 0.29) is 5.54 Å². The van der Waals surface area contributed by atoms with Crippen molar-refractivity contribution in [2.75, 3.05) is 11.9 Å². The quantitative estimate of drug-likeness (QED) is 0.750. The summed E-state index contributed by atoms with van der Waals surface area (Å²) in [6.07, 6.45) is 2.34. The predicted molar refractivity (Wildman–Crippen MR) is 53.7 cm³/mol. The summed E-state index contributed by atoms with van der Waals surface area (Å²) < 4.78 is 0. The molecule has 0 bridgehead atoms. The zero-order valence-electron chi connectivity index (χ0n) is 7.26. The largest absolute Gasteiger partial charge is 0.375 e. The number of thiophene rings is 1. The van der Waals surface area contributed by atoms with E-state index in [1.54, 1.807) is 11.3 Å². The van der Waals surface area contributed by atoms with E-state index >= 15 is 0 Å². The summed E-state index contributed by atoms with van der Waals surface area (Å²) in [6, 6.07) is 2.13. The molecule has 3 N–H and O–H groups in total. The number of rotatable bonds is 3. The van der Waals surface area contributed by atoms with E-state index in [0.29, 0.717) is 0 Å². The third-order valence-corrected chi connectivity index (χ3v) is 3.33. The zero-order chi connectivity index (χ0) is 8.60. The number of anilines is 1. The summed E-state index contributed by atoms with van der Waals surface area (Å²) in [4.78, 5) is 0. The van der Waals surface area contributed by atoms with Gasteiger partial charge in [-0.3, -0.25) is 0 Å². The van der Waals surface area contributed by atoms with Gasteiger partial charge in [0.1, 0.15) is 0 Å². The van der Waals surface area contributed by atoms with Crippen molar-refractivity contribution in [1.82, 2.24) is 0 Å². The molecule has 12 heavy (non-hydrogen) atoms. The Morgan fingerprint density at radius 2 is 2.42 bits per heavy atom. The molecule has 1 aliphatic carbocycles. The Morgan fingerprint density at radius 3 is 2.92 bits per heavy atom. The molecular formula is C9H14N2S. The van der Waals surface area contributed by atoms with Crippen LogP contribution in [0.1, 0.15) is 18.4 Å². The lowest BCUT2D eigenvalue weighted by Crippen LogP contribution is -2.30. The molecule has 3 heteroatoms. The van der Waals surface area contributed by atoms with Crippen LogP contribution in [0.3, 0.4) is 0 Å². The third-order valence-electron chi connectivity index (χ3n) is 2.36. The molecule has 0 saturated heterocycles. The molecule has 66 valence electrons. The Bertz CT molecular complexity index is 276. The van der Waals surface area contributed by atoms with Crippen molar-refractivity contribution in [3.63, 3.8) is 0 Å². The maximum atomic E-state index is 5.96. The molecule has 1 heterocycles. The van der Waals surface area contributed by atoms with Crippen molar-refractivity contribution in [2.24, 2.45) is 5.73 Å². The van der Waals surface area contributed by atoms with Gasteiger partial charge in [-0.15, -0.1) is 11.3 Å². The van der Waals surface area contributed by atoms with Crippen molar-refractivity contribution in [3.8, 4) is 0 Å². The van der Waals surface area contributed by atoms with E-state index in [2.05, 4.69) is 23.7 Å². The first-order valence-corrected chi connectivity index (χ1v) is 5.14. The van der Waals surface area contributed by atoms with Crippen molar-refractivity contribution in [2.45, 2.75) is 25.3 Å². The van der Waals surface area contributed by atoms with Gasteiger partial charge in [-0.25, -0.2) is 0 Å². The second-order valence-electron chi connectivity index (χ2n) is 3.65. The van der Waals surface area contributed by atoms with Gasteiger partial charge in [0.05, 0.1) is 5.00 Å². The minimum Gasteiger partial charge on any atom is -0.375 e. The Hall–Kier alpha value is -0.540. The Morgan fingerprint density at radius 1 is 1.67 bits per heavy atom. The normalized spacial score (nSPS) is 19.2. The topological polar surface area (TPSA) is 38.0 Å². The second kappa shape index (κ2) is 2.75. The SMILES string of the molecule is Cc1ccsc1NCC1(N)CC1. The van der Waals surface area contributed by atoms with Crippen LogP contribution in [0.4, 0.5) is 5.00 Å². The Kier molecular flexibility index (Phi) is 1.85. The summed E-state index contributed by atoms with van der Waals surface area (Å²) in [5.74, 6) is 0. The molecule has 0 aromatic carbocycles. The third kappa shape index (κ3) is 1.62. The molecule has 0 radical (unpaired) electrons. The van der Waals surface area contributed by atoms with Crippen molar-refractivity contribution in [3.05, 3.63) is 17.0 Å². The molecule has 1 aliphatic rings. The van der Waals surface area contributed by atoms with Crippen LogP contribution in [0.15, 0.2) is 11.4 Å². The zero-order valence-corrected chi connectivity index (χ0v) is 8.08. The van der Waals surface area contributed by atoms with E-state index in [9.17, 15) is 0 Å². The van der Waals surface area contributed by atoms with Gasteiger partial charge in [0.15, 0.2) is 0 Å². The van der Waals surface area contributed by atoms with Crippen molar-refractivity contribution < 1.29 is 0 Å². The fourth-order valence-electron chi connectivity index (χ4n) is 1.15. The second-order valence-corrected chi connectivity index (χ2v) is 4.56. The molecule has 2 nitrogen and oxygen atoms in total. The molecule has 0 aliphatic heterocycles. The Balaban J connectivity index is 1.91. The minimum atomic E-state index is 0.108. The fourth-order valence-corrected chi connectivity index (χ4v) is 1.97. The van der Waals surface area contributed by atoms with Crippen LogP contribution in [-0.4, -0.2) is 12.1 Å². The lowest BCUT2D eigenvalue weighted by atomic mass is 10.3. The lowest BCUT2D eigenvalue weighted by Gasteiger charge is -2.10. The van der Waals surface area contributed by atoms with Crippen molar-refractivity contribution >= 4 is 16.3 Å². The maximum Gasteiger partial charge on any atom is 0.0912 e. The fraction of sp³-hybridized carbons (Fsp3) is 0.556. The number of nitrogens with one attached hydrogen (secondary N) is 1. The smallest absolute Gasteiger partial charge is 0.0912 e. The first-order valence-electron chi connectivity index (χ1n) is 4.26. The van der Waals surface area contributed by atoms with Crippen LogP contribution >= 0.6 is 11.3 Å². The van der Waals surface area contributed by atoms with E-state index in [0.717, 1.165) is 6.54 Å².